The van der Waals surface area contributed by atoms with Gasteiger partial charge in [-0.25, -0.2) is 4.79 Å². The Morgan fingerprint density at radius 3 is 2.40 bits per heavy atom. The highest BCUT2D eigenvalue weighted by atomic mass is 127. The highest BCUT2D eigenvalue weighted by Gasteiger charge is 2.49. The summed E-state index contributed by atoms with van der Waals surface area (Å²) in [5, 5.41) is 0.137. The molecule has 0 aliphatic heterocycles. The van der Waals surface area contributed by atoms with Crippen LogP contribution in [-0.4, -0.2) is 25.9 Å². The summed E-state index contributed by atoms with van der Waals surface area (Å²) >= 11 is 2.36. The van der Waals surface area contributed by atoms with Gasteiger partial charge in [-0.3, -0.25) is 4.98 Å². The zero-order chi connectivity index (χ0) is 22.5. The molecule has 0 aromatic carbocycles. The summed E-state index contributed by atoms with van der Waals surface area (Å²) in [7, 11) is -1.98. The van der Waals surface area contributed by atoms with Crippen LogP contribution in [0.25, 0.3) is 0 Å². The van der Waals surface area contributed by atoms with Crippen molar-refractivity contribution in [1.82, 2.24) is 4.98 Å². The quantitative estimate of drug-likeness (QED) is 0.225. The molecule has 0 amide bonds. The van der Waals surface area contributed by atoms with Gasteiger partial charge < -0.3 is 9.16 Å². The number of pyridine rings is 1. The van der Waals surface area contributed by atoms with E-state index in [1.807, 2.05) is 6.92 Å². The standard InChI is InChI=1S/C24H38INO3Si/c1-9-28-22(27)19-20(25)18-16(26-21(19)15(2)3)13-24(11-10-12-24)14-17(18)29-30(7,8)23(4,5)6/h15,17H,9-14H2,1-8H3. The Balaban J connectivity index is 2.16. The lowest BCUT2D eigenvalue weighted by atomic mass is 9.60. The van der Waals surface area contributed by atoms with Crippen LogP contribution in [0.3, 0.4) is 0 Å². The fraction of sp³-hybridized carbons (Fsp3) is 0.750. The Morgan fingerprint density at radius 1 is 1.30 bits per heavy atom. The van der Waals surface area contributed by atoms with Crippen LogP contribution in [0.15, 0.2) is 0 Å². The normalized spacial score (nSPS) is 20.8. The second kappa shape index (κ2) is 8.47. The molecule has 1 aromatic heterocycles. The van der Waals surface area contributed by atoms with Gasteiger partial charge in [0, 0.05) is 14.8 Å². The van der Waals surface area contributed by atoms with Gasteiger partial charge in [-0.2, -0.15) is 0 Å². The molecular formula is C24H38INO3Si. The van der Waals surface area contributed by atoms with Crippen molar-refractivity contribution in [2.75, 3.05) is 6.61 Å². The fourth-order valence-corrected chi connectivity index (χ4v) is 6.95. The molecule has 0 bridgehead atoms. The third-order valence-electron chi connectivity index (χ3n) is 7.44. The van der Waals surface area contributed by atoms with Crippen LogP contribution < -0.4 is 0 Å². The van der Waals surface area contributed by atoms with Gasteiger partial charge >= 0.3 is 5.97 Å². The van der Waals surface area contributed by atoms with Gasteiger partial charge in [0.2, 0.25) is 0 Å². The topological polar surface area (TPSA) is 48.4 Å². The van der Waals surface area contributed by atoms with E-state index in [-0.39, 0.29) is 23.0 Å². The number of aromatic nitrogens is 1. The number of ether oxygens (including phenoxy) is 1. The van der Waals surface area contributed by atoms with Crippen LogP contribution in [0.2, 0.25) is 18.1 Å². The molecule has 1 unspecified atom stereocenters. The first-order valence-corrected chi connectivity index (χ1v) is 15.4. The zero-order valence-electron chi connectivity index (χ0n) is 19.9. The SMILES string of the molecule is CCOC(=O)c1c(C(C)C)nc2c(c1I)C(O[Si](C)(C)C(C)(C)C)CC1(CCC1)C2. The zero-order valence-corrected chi connectivity index (χ0v) is 23.1. The number of nitrogens with zero attached hydrogens (tertiary/aromatic N) is 1. The molecule has 1 fully saturated rings. The number of hydrogen-bond donors (Lipinski definition) is 0. The summed E-state index contributed by atoms with van der Waals surface area (Å²) in [6, 6.07) is 0. The van der Waals surface area contributed by atoms with Crippen LogP contribution in [0.1, 0.15) is 107 Å². The van der Waals surface area contributed by atoms with Gasteiger partial charge in [-0.1, -0.05) is 41.0 Å². The number of hydrogen-bond acceptors (Lipinski definition) is 4. The molecular weight excluding hydrogens is 505 g/mol. The molecule has 2 aliphatic rings. The predicted octanol–water partition coefficient (Wildman–Crippen LogP) is 7.17. The first kappa shape index (κ1) is 24.2. The maximum Gasteiger partial charge on any atom is 0.341 e. The van der Waals surface area contributed by atoms with Crippen LogP contribution in [0.4, 0.5) is 0 Å². The second-order valence-electron chi connectivity index (χ2n) is 11.0. The number of carbonyl (C=O) groups excluding carboxylic acids is 1. The van der Waals surface area contributed by atoms with Crippen molar-refractivity contribution >= 4 is 36.9 Å². The smallest absolute Gasteiger partial charge is 0.341 e. The lowest BCUT2D eigenvalue weighted by Gasteiger charge is -2.50. The second-order valence-corrected chi connectivity index (χ2v) is 16.9. The van der Waals surface area contributed by atoms with Crippen molar-refractivity contribution in [3.63, 3.8) is 0 Å². The number of carbonyl (C=O) groups is 1. The Bertz CT molecular complexity index is 825. The minimum Gasteiger partial charge on any atom is -0.462 e. The Hall–Kier alpha value is -0.473. The Labute approximate surface area is 197 Å². The minimum absolute atomic E-state index is 0.0173. The summed E-state index contributed by atoms with van der Waals surface area (Å²) < 4.78 is 13.5. The average molecular weight is 544 g/mol. The van der Waals surface area contributed by atoms with Crippen molar-refractivity contribution in [3.8, 4) is 0 Å². The monoisotopic (exact) mass is 543 g/mol. The van der Waals surface area contributed by atoms with Crippen LogP contribution in [-0.2, 0) is 15.6 Å². The maximum absolute atomic E-state index is 12.9. The van der Waals surface area contributed by atoms with E-state index in [1.54, 1.807) is 0 Å². The van der Waals surface area contributed by atoms with Gasteiger partial charge in [0.05, 0.1) is 24.0 Å². The lowest BCUT2D eigenvalue weighted by molar-refractivity contribution is 0.0293. The number of rotatable bonds is 5. The van der Waals surface area contributed by atoms with E-state index in [0.717, 1.165) is 33.4 Å². The van der Waals surface area contributed by atoms with Crippen molar-refractivity contribution < 1.29 is 14.0 Å². The molecule has 1 heterocycles. The van der Waals surface area contributed by atoms with E-state index in [4.69, 9.17) is 14.1 Å². The average Bonchev–Trinajstić information content (AvgIpc) is 2.58. The molecule has 3 rings (SSSR count). The third kappa shape index (κ3) is 4.38. The first-order chi connectivity index (χ1) is 13.8. The molecule has 2 aliphatic carbocycles. The first-order valence-electron chi connectivity index (χ1n) is 11.4. The molecule has 6 heteroatoms. The van der Waals surface area contributed by atoms with Gasteiger partial charge in [-0.15, -0.1) is 0 Å². The fourth-order valence-electron chi connectivity index (χ4n) is 4.53. The minimum atomic E-state index is -1.98. The molecule has 0 saturated heterocycles. The number of fused-ring (bicyclic) bond motifs is 1. The largest absolute Gasteiger partial charge is 0.462 e. The van der Waals surface area contributed by atoms with Crippen molar-refractivity contribution in [1.29, 1.82) is 0 Å². The van der Waals surface area contributed by atoms with E-state index in [2.05, 4.69) is 70.3 Å². The summed E-state index contributed by atoms with van der Waals surface area (Å²) in [4.78, 5) is 18.0. The molecule has 30 heavy (non-hydrogen) atoms. The van der Waals surface area contributed by atoms with Crippen molar-refractivity contribution in [2.45, 2.75) is 104 Å². The molecule has 0 radical (unpaired) electrons. The Kier molecular flexibility index (Phi) is 6.82. The number of halogens is 1. The van der Waals surface area contributed by atoms with Crippen molar-refractivity contribution in [3.05, 3.63) is 26.1 Å². The third-order valence-corrected chi connectivity index (χ3v) is 13.1. The van der Waals surface area contributed by atoms with Crippen LogP contribution in [0.5, 0.6) is 0 Å². The number of esters is 1. The van der Waals surface area contributed by atoms with Crippen molar-refractivity contribution in [2.24, 2.45) is 5.41 Å². The van der Waals surface area contributed by atoms with Crippen LogP contribution >= 0.6 is 22.6 Å². The molecule has 1 aromatic rings. The van der Waals surface area contributed by atoms with E-state index in [0.29, 0.717) is 17.6 Å². The highest BCUT2D eigenvalue weighted by Crippen LogP contribution is 2.56. The molecule has 168 valence electrons. The summed E-state index contributed by atoms with van der Waals surface area (Å²) in [6.07, 6.45) is 5.91. The van der Waals surface area contributed by atoms with E-state index in [1.165, 1.54) is 19.3 Å². The van der Waals surface area contributed by atoms with Gasteiger partial charge in [0.25, 0.3) is 0 Å². The summed E-state index contributed by atoms with van der Waals surface area (Å²) in [6.45, 7) is 18.0. The molecule has 4 nitrogen and oxygen atoms in total. The van der Waals surface area contributed by atoms with E-state index < -0.39 is 8.32 Å². The predicted molar refractivity (Wildman–Crippen MR) is 133 cm³/mol. The van der Waals surface area contributed by atoms with Crippen LogP contribution in [0, 0.1) is 8.99 Å². The summed E-state index contributed by atoms with van der Waals surface area (Å²) in [5.41, 5.74) is 4.17. The highest BCUT2D eigenvalue weighted by molar-refractivity contribution is 14.1. The molecule has 1 spiro atoms. The van der Waals surface area contributed by atoms with Gasteiger partial charge in [0.1, 0.15) is 0 Å². The van der Waals surface area contributed by atoms with Gasteiger partial charge in [0.15, 0.2) is 8.32 Å². The van der Waals surface area contributed by atoms with E-state index >= 15 is 0 Å². The molecule has 0 N–H and O–H groups in total. The maximum atomic E-state index is 12.9. The Morgan fingerprint density at radius 2 is 1.93 bits per heavy atom. The lowest BCUT2D eigenvalue weighted by Crippen LogP contribution is -2.46. The van der Waals surface area contributed by atoms with Gasteiger partial charge in [-0.05, 0) is 84.7 Å². The van der Waals surface area contributed by atoms with E-state index in [9.17, 15) is 4.79 Å². The molecule has 1 atom stereocenters. The summed E-state index contributed by atoms with van der Waals surface area (Å²) in [5.74, 6) is -0.0850. The molecule has 1 saturated carbocycles.